The van der Waals surface area contributed by atoms with Gasteiger partial charge in [-0.2, -0.15) is 0 Å². The largest absolute Gasteiger partial charge is 0.449 e. The van der Waals surface area contributed by atoms with Gasteiger partial charge in [-0.3, -0.25) is 4.98 Å². The van der Waals surface area contributed by atoms with E-state index in [0.29, 0.717) is 4.88 Å². The molecule has 0 radical (unpaired) electrons. The number of rotatable bonds is 5. The maximum atomic E-state index is 12.0. The van der Waals surface area contributed by atoms with Crippen LogP contribution in [0.2, 0.25) is 0 Å². The first kappa shape index (κ1) is 16.8. The SMILES string of the molecule is O=C(NCC(O)c1cncs1)OCC1c2ccccc2-c2ccccc21. The van der Waals surface area contributed by atoms with Gasteiger partial charge in [-0.15, -0.1) is 11.3 Å². The lowest BCUT2D eigenvalue weighted by atomic mass is 9.98. The van der Waals surface area contributed by atoms with Crippen molar-refractivity contribution in [1.29, 1.82) is 0 Å². The van der Waals surface area contributed by atoms with E-state index in [9.17, 15) is 9.90 Å². The lowest BCUT2D eigenvalue weighted by Crippen LogP contribution is -2.29. The van der Waals surface area contributed by atoms with Gasteiger partial charge in [0.1, 0.15) is 12.7 Å². The van der Waals surface area contributed by atoms with Gasteiger partial charge >= 0.3 is 6.09 Å². The minimum Gasteiger partial charge on any atom is -0.449 e. The maximum absolute atomic E-state index is 12.0. The molecule has 1 aliphatic carbocycles. The molecule has 1 unspecified atom stereocenters. The molecule has 6 heteroatoms. The molecule has 1 heterocycles. The highest BCUT2D eigenvalue weighted by Gasteiger charge is 2.29. The molecule has 5 nitrogen and oxygen atoms in total. The van der Waals surface area contributed by atoms with Crippen molar-refractivity contribution >= 4 is 17.4 Å². The van der Waals surface area contributed by atoms with Crippen molar-refractivity contribution in [1.82, 2.24) is 10.3 Å². The number of benzene rings is 2. The number of hydrogen-bond acceptors (Lipinski definition) is 5. The number of amides is 1. The number of aliphatic hydroxyl groups excluding tert-OH is 1. The first-order valence-electron chi connectivity index (χ1n) is 8.39. The topological polar surface area (TPSA) is 71.5 Å². The van der Waals surface area contributed by atoms with Crippen LogP contribution in [-0.4, -0.2) is 29.3 Å². The maximum Gasteiger partial charge on any atom is 0.407 e. The predicted molar refractivity (Wildman–Crippen MR) is 100 cm³/mol. The molecule has 26 heavy (non-hydrogen) atoms. The number of fused-ring (bicyclic) bond motifs is 3. The summed E-state index contributed by atoms with van der Waals surface area (Å²) < 4.78 is 5.43. The summed E-state index contributed by atoms with van der Waals surface area (Å²) in [5.74, 6) is 0.0274. The van der Waals surface area contributed by atoms with Gasteiger partial charge in [0.25, 0.3) is 0 Å². The van der Waals surface area contributed by atoms with Crippen molar-refractivity contribution in [3.05, 3.63) is 76.2 Å². The highest BCUT2D eigenvalue weighted by atomic mass is 32.1. The smallest absolute Gasteiger partial charge is 0.407 e. The third-order valence-electron chi connectivity index (χ3n) is 4.56. The van der Waals surface area contributed by atoms with Crippen molar-refractivity contribution in [3.63, 3.8) is 0 Å². The van der Waals surface area contributed by atoms with Gasteiger partial charge < -0.3 is 15.2 Å². The molecule has 0 bridgehead atoms. The summed E-state index contributed by atoms with van der Waals surface area (Å²) in [5, 5.41) is 12.6. The van der Waals surface area contributed by atoms with E-state index in [4.69, 9.17) is 4.74 Å². The molecule has 4 rings (SSSR count). The number of nitrogens with zero attached hydrogens (tertiary/aromatic N) is 1. The number of carbonyl (C=O) groups excluding carboxylic acids is 1. The van der Waals surface area contributed by atoms with Gasteiger partial charge in [0.05, 0.1) is 16.9 Å². The normalized spacial score (nSPS) is 13.7. The van der Waals surface area contributed by atoms with Gasteiger partial charge in [-0.05, 0) is 22.3 Å². The van der Waals surface area contributed by atoms with Crippen LogP contribution >= 0.6 is 11.3 Å². The Morgan fingerprint density at radius 2 is 1.81 bits per heavy atom. The van der Waals surface area contributed by atoms with Crippen molar-refractivity contribution in [3.8, 4) is 11.1 Å². The fourth-order valence-corrected chi connectivity index (χ4v) is 3.93. The Balaban J connectivity index is 1.39. The monoisotopic (exact) mass is 366 g/mol. The minimum absolute atomic E-state index is 0.0274. The van der Waals surface area contributed by atoms with Crippen molar-refractivity contribution in [2.45, 2.75) is 12.0 Å². The first-order chi connectivity index (χ1) is 12.7. The summed E-state index contributed by atoms with van der Waals surface area (Å²) in [4.78, 5) is 16.7. The Morgan fingerprint density at radius 3 is 2.42 bits per heavy atom. The number of ether oxygens (including phenoxy) is 1. The molecule has 1 atom stereocenters. The fourth-order valence-electron chi connectivity index (χ4n) is 3.32. The standard InChI is InChI=1S/C20H18N2O3S/c23-18(19-10-21-12-26-19)9-22-20(24)25-11-17-15-7-3-1-5-13(15)14-6-2-4-8-16(14)17/h1-8,10,12,17-18,23H,9,11H2,(H,22,24). The van der Waals surface area contributed by atoms with Gasteiger partial charge in [0, 0.05) is 12.1 Å². The van der Waals surface area contributed by atoms with Crippen LogP contribution in [0.3, 0.4) is 0 Å². The second-order valence-electron chi connectivity index (χ2n) is 6.13. The molecular formula is C20H18N2O3S. The Bertz CT molecular complexity index is 865. The zero-order chi connectivity index (χ0) is 17.9. The van der Waals surface area contributed by atoms with Crippen LogP contribution in [-0.2, 0) is 4.74 Å². The van der Waals surface area contributed by atoms with Crippen molar-refractivity contribution in [2.24, 2.45) is 0 Å². The number of carbonyl (C=O) groups is 1. The molecule has 1 amide bonds. The first-order valence-corrected chi connectivity index (χ1v) is 9.27. The van der Waals surface area contributed by atoms with E-state index >= 15 is 0 Å². The zero-order valence-corrected chi connectivity index (χ0v) is 14.8. The molecule has 2 N–H and O–H groups in total. The third kappa shape index (κ3) is 3.21. The summed E-state index contributed by atoms with van der Waals surface area (Å²) in [6.45, 7) is 0.357. The van der Waals surface area contributed by atoms with Gasteiger partial charge in [-0.1, -0.05) is 48.5 Å². The average molecular weight is 366 g/mol. The molecule has 0 fully saturated rings. The summed E-state index contributed by atoms with van der Waals surface area (Å²) in [7, 11) is 0. The van der Waals surface area contributed by atoms with Crippen molar-refractivity contribution < 1.29 is 14.6 Å². The zero-order valence-electron chi connectivity index (χ0n) is 14.0. The lowest BCUT2D eigenvalue weighted by molar-refractivity contribution is 0.129. The van der Waals surface area contributed by atoms with E-state index < -0.39 is 12.2 Å². The van der Waals surface area contributed by atoms with E-state index in [-0.39, 0.29) is 19.1 Å². The average Bonchev–Trinajstić information content (AvgIpc) is 3.31. The van der Waals surface area contributed by atoms with Crippen LogP contribution in [0.5, 0.6) is 0 Å². The molecule has 1 aromatic heterocycles. The fraction of sp³-hybridized carbons (Fsp3) is 0.200. The number of aromatic nitrogens is 1. The number of nitrogens with one attached hydrogen (secondary N) is 1. The summed E-state index contributed by atoms with van der Waals surface area (Å²) >= 11 is 1.35. The molecule has 0 saturated carbocycles. The Labute approximate surface area is 155 Å². The molecule has 0 aliphatic heterocycles. The summed E-state index contributed by atoms with van der Waals surface area (Å²) in [5.41, 5.74) is 6.37. The second kappa shape index (κ2) is 7.27. The van der Waals surface area contributed by atoms with E-state index in [2.05, 4.69) is 34.6 Å². The summed E-state index contributed by atoms with van der Waals surface area (Å²) in [6, 6.07) is 16.4. The quantitative estimate of drug-likeness (QED) is 0.722. The van der Waals surface area contributed by atoms with Crippen molar-refractivity contribution in [2.75, 3.05) is 13.2 Å². The third-order valence-corrected chi connectivity index (χ3v) is 5.44. The van der Waals surface area contributed by atoms with E-state index in [1.807, 2.05) is 24.3 Å². The van der Waals surface area contributed by atoms with Crippen LogP contribution in [0, 0.1) is 0 Å². The Morgan fingerprint density at radius 1 is 1.15 bits per heavy atom. The number of aliphatic hydroxyl groups is 1. The van der Waals surface area contributed by atoms with Crippen LogP contribution in [0.25, 0.3) is 11.1 Å². The molecule has 2 aromatic carbocycles. The van der Waals surface area contributed by atoms with Crippen LogP contribution in [0.4, 0.5) is 4.79 Å². The van der Waals surface area contributed by atoms with Gasteiger partial charge in [0.2, 0.25) is 0 Å². The Kier molecular flexibility index (Phi) is 4.69. The number of hydrogen-bond donors (Lipinski definition) is 2. The second-order valence-corrected chi connectivity index (χ2v) is 7.04. The molecule has 0 spiro atoms. The van der Waals surface area contributed by atoms with Crippen LogP contribution in [0.1, 0.15) is 28.0 Å². The van der Waals surface area contributed by atoms with Gasteiger partial charge in [-0.25, -0.2) is 4.79 Å². The highest BCUT2D eigenvalue weighted by molar-refractivity contribution is 7.09. The van der Waals surface area contributed by atoms with Crippen LogP contribution in [0.15, 0.2) is 60.2 Å². The number of thiazole rings is 1. The molecule has 132 valence electrons. The molecule has 0 saturated heterocycles. The molecule has 1 aliphatic rings. The van der Waals surface area contributed by atoms with E-state index in [1.165, 1.54) is 33.6 Å². The van der Waals surface area contributed by atoms with Gasteiger partial charge in [0.15, 0.2) is 0 Å². The lowest BCUT2D eigenvalue weighted by Gasteiger charge is -2.15. The minimum atomic E-state index is -0.775. The number of alkyl carbamates (subject to hydrolysis) is 1. The van der Waals surface area contributed by atoms with Crippen LogP contribution < -0.4 is 5.32 Å². The molecular weight excluding hydrogens is 348 g/mol. The highest BCUT2D eigenvalue weighted by Crippen LogP contribution is 2.44. The molecule has 3 aromatic rings. The predicted octanol–water partition coefficient (Wildman–Crippen LogP) is 3.72. The Hall–Kier alpha value is -2.70. The van der Waals surface area contributed by atoms with E-state index in [0.717, 1.165) is 0 Å². The van der Waals surface area contributed by atoms with E-state index in [1.54, 1.807) is 11.7 Å². The summed E-state index contributed by atoms with van der Waals surface area (Å²) in [6.07, 6.45) is 0.285.